The predicted octanol–water partition coefficient (Wildman–Crippen LogP) is -0.0640. The summed E-state index contributed by atoms with van der Waals surface area (Å²) < 4.78 is 6.85. The van der Waals surface area contributed by atoms with E-state index in [2.05, 4.69) is 30.6 Å². The van der Waals surface area contributed by atoms with Gasteiger partial charge < -0.3 is 4.74 Å². The maximum atomic E-state index is 12.1. The Balaban J connectivity index is 2.71. The fraction of sp³-hybridized carbons (Fsp3) is 0.250. The van der Waals surface area contributed by atoms with Crippen molar-refractivity contribution in [3.8, 4) is 0 Å². The number of hydrogen-bond acceptors (Lipinski definition) is 6. The third-order valence-electron chi connectivity index (χ3n) is 2.83. The van der Waals surface area contributed by atoms with E-state index in [-0.39, 0.29) is 21.3 Å². The van der Waals surface area contributed by atoms with E-state index < -0.39 is 17.2 Å². The fourth-order valence-corrected chi connectivity index (χ4v) is 2.10. The van der Waals surface area contributed by atoms with Gasteiger partial charge in [-0.3, -0.25) is 13.9 Å². The zero-order valence-corrected chi connectivity index (χ0v) is 13.0. The van der Waals surface area contributed by atoms with Gasteiger partial charge in [0.1, 0.15) is 4.48 Å². The smallest absolute Gasteiger partial charge is 0.345 e. The lowest BCUT2D eigenvalue weighted by molar-refractivity contribution is -0.135. The minimum Gasteiger partial charge on any atom is -0.465 e. The minimum absolute atomic E-state index is 0.0403. The van der Waals surface area contributed by atoms with Gasteiger partial charge >= 0.3 is 11.7 Å². The molecule has 0 atom stereocenters. The Morgan fingerprint density at radius 1 is 1.33 bits per heavy atom. The molecule has 110 valence electrons. The van der Waals surface area contributed by atoms with Gasteiger partial charge in [-0.05, 0) is 22.0 Å². The van der Waals surface area contributed by atoms with E-state index >= 15 is 0 Å². The van der Waals surface area contributed by atoms with Crippen molar-refractivity contribution in [1.82, 2.24) is 19.1 Å². The molecule has 9 heteroatoms. The maximum Gasteiger partial charge on any atom is 0.345 e. The zero-order chi connectivity index (χ0) is 15.7. The number of ether oxygens (including phenoxy) is 1. The number of fused-ring (bicyclic) bond motifs is 1. The Hall–Kier alpha value is -2.29. The first-order valence-corrected chi connectivity index (χ1v) is 6.54. The molecule has 0 aliphatic heterocycles. The van der Waals surface area contributed by atoms with Crippen LogP contribution in [0, 0.1) is 0 Å². The summed E-state index contributed by atoms with van der Waals surface area (Å²) in [4.78, 5) is 43.3. The summed E-state index contributed by atoms with van der Waals surface area (Å²) in [5.74, 6) is -0.578. The molecule has 0 unspecified atom stereocenters. The fourth-order valence-electron chi connectivity index (χ4n) is 1.70. The normalized spacial score (nSPS) is 11.7. The van der Waals surface area contributed by atoms with E-state index in [9.17, 15) is 14.4 Å². The second-order valence-corrected chi connectivity index (χ2v) is 5.01. The van der Waals surface area contributed by atoms with Gasteiger partial charge in [0, 0.05) is 14.1 Å². The summed E-state index contributed by atoms with van der Waals surface area (Å²) in [5.41, 5.74) is -0.533. The van der Waals surface area contributed by atoms with Gasteiger partial charge in [0.2, 0.25) is 0 Å². The number of methoxy groups -OCH3 is 1. The molecular formula is C12H11BrN4O4. The number of hydrogen-bond donors (Lipinski definition) is 0. The molecule has 0 spiro atoms. The highest BCUT2D eigenvalue weighted by Crippen LogP contribution is 2.12. The van der Waals surface area contributed by atoms with Crippen LogP contribution in [0.25, 0.3) is 17.2 Å². The SMILES string of the molecule is COC(=O)C(Br)=Cc1cnc2c(n1)c(=O)n(C)c(=O)n2C. The molecule has 0 saturated heterocycles. The van der Waals surface area contributed by atoms with Gasteiger partial charge in [0.25, 0.3) is 5.56 Å². The van der Waals surface area contributed by atoms with Crippen LogP contribution in [0.1, 0.15) is 5.69 Å². The van der Waals surface area contributed by atoms with Crippen molar-refractivity contribution < 1.29 is 9.53 Å². The molecule has 2 rings (SSSR count). The molecule has 0 bridgehead atoms. The van der Waals surface area contributed by atoms with Crippen molar-refractivity contribution in [1.29, 1.82) is 0 Å². The van der Waals surface area contributed by atoms with Crippen LogP contribution in [0.5, 0.6) is 0 Å². The van der Waals surface area contributed by atoms with Crippen molar-refractivity contribution in [2.24, 2.45) is 14.1 Å². The van der Waals surface area contributed by atoms with E-state index in [4.69, 9.17) is 0 Å². The third kappa shape index (κ3) is 2.64. The van der Waals surface area contributed by atoms with Gasteiger partial charge in [0.15, 0.2) is 11.2 Å². The highest BCUT2D eigenvalue weighted by atomic mass is 79.9. The maximum absolute atomic E-state index is 12.1. The standard InChI is InChI=1S/C12H11BrN4O4/c1-16-9-8(10(18)17(2)12(16)20)15-6(5-14-9)4-7(13)11(19)21-3/h4-5H,1-3H3. The van der Waals surface area contributed by atoms with E-state index in [1.165, 1.54) is 38.0 Å². The Morgan fingerprint density at radius 2 is 2.00 bits per heavy atom. The molecule has 21 heavy (non-hydrogen) atoms. The van der Waals surface area contributed by atoms with Crippen molar-refractivity contribution in [2.45, 2.75) is 0 Å². The first-order chi connectivity index (χ1) is 9.86. The number of esters is 1. The number of aryl methyl sites for hydroxylation is 1. The van der Waals surface area contributed by atoms with Crippen LogP contribution in [-0.2, 0) is 23.6 Å². The van der Waals surface area contributed by atoms with Gasteiger partial charge in [-0.1, -0.05) is 0 Å². The summed E-state index contributed by atoms with van der Waals surface area (Å²) in [6, 6.07) is 0. The third-order valence-corrected chi connectivity index (χ3v) is 3.38. The summed E-state index contributed by atoms with van der Waals surface area (Å²) >= 11 is 3.04. The molecule has 2 aromatic heterocycles. The number of carbonyl (C=O) groups excluding carboxylic acids is 1. The summed E-state index contributed by atoms with van der Waals surface area (Å²) in [6.45, 7) is 0. The number of aromatic nitrogens is 4. The van der Waals surface area contributed by atoms with Crippen molar-refractivity contribution in [2.75, 3.05) is 7.11 Å². The van der Waals surface area contributed by atoms with E-state index in [1.54, 1.807) is 0 Å². The van der Waals surface area contributed by atoms with Crippen LogP contribution in [0.2, 0.25) is 0 Å². The summed E-state index contributed by atoms with van der Waals surface area (Å²) in [6.07, 6.45) is 2.73. The molecule has 2 heterocycles. The van der Waals surface area contributed by atoms with Crippen LogP contribution in [-0.4, -0.2) is 32.2 Å². The van der Waals surface area contributed by atoms with E-state index in [0.29, 0.717) is 0 Å². The molecule has 0 fully saturated rings. The average molecular weight is 355 g/mol. The molecule has 8 nitrogen and oxygen atoms in total. The Bertz CT molecular complexity index is 881. The van der Waals surface area contributed by atoms with Gasteiger partial charge in [-0.15, -0.1) is 0 Å². The molecule has 0 aromatic carbocycles. The largest absolute Gasteiger partial charge is 0.465 e. The van der Waals surface area contributed by atoms with Crippen molar-refractivity contribution >= 4 is 39.1 Å². The zero-order valence-electron chi connectivity index (χ0n) is 11.5. The molecule has 0 radical (unpaired) electrons. The molecular weight excluding hydrogens is 344 g/mol. The summed E-state index contributed by atoms with van der Waals surface area (Å²) in [7, 11) is 4.10. The minimum atomic E-state index is -0.578. The highest BCUT2D eigenvalue weighted by Gasteiger charge is 2.12. The van der Waals surface area contributed by atoms with E-state index in [1.807, 2.05) is 0 Å². The number of carbonyl (C=O) groups is 1. The average Bonchev–Trinajstić information content (AvgIpc) is 2.49. The first-order valence-electron chi connectivity index (χ1n) is 5.75. The topological polar surface area (TPSA) is 96.1 Å². The van der Waals surface area contributed by atoms with E-state index in [0.717, 1.165) is 4.57 Å². The second kappa shape index (κ2) is 5.60. The lowest BCUT2D eigenvalue weighted by Crippen LogP contribution is -2.37. The van der Waals surface area contributed by atoms with Crippen LogP contribution in [0.3, 0.4) is 0 Å². The van der Waals surface area contributed by atoms with Crippen molar-refractivity contribution in [3.63, 3.8) is 0 Å². The predicted molar refractivity (Wildman–Crippen MR) is 78.9 cm³/mol. The number of rotatable bonds is 2. The molecule has 0 saturated carbocycles. The van der Waals surface area contributed by atoms with Crippen LogP contribution in [0.4, 0.5) is 0 Å². The van der Waals surface area contributed by atoms with Crippen molar-refractivity contribution in [3.05, 3.63) is 37.2 Å². The Kier molecular flexibility index (Phi) is 4.03. The quantitative estimate of drug-likeness (QED) is 0.553. The van der Waals surface area contributed by atoms with Gasteiger partial charge in [-0.2, -0.15) is 0 Å². The molecule has 0 aliphatic rings. The van der Waals surface area contributed by atoms with Gasteiger partial charge in [0.05, 0.1) is 19.0 Å². The Morgan fingerprint density at radius 3 is 2.62 bits per heavy atom. The first kappa shape index (κ1) is 15.1. The number of halogens is 1. The monoisotopic (exact) mass is 354 g/mol. The lowest BCUT2D eigenvalue weighted by atomic mass is 10.3. The molecule has 0 aliphatic carbocycles. The second-order valence-electron chi connectivity index (χ2n) is 4.16. The molecule has 0 N–H and O–H groups in total. The van der Waals surface area contributed by atoms with Crippen LogP contribution < -0.4 is 11.2 Å². The summed E-state index contributed by atoms with van der Waals surface area (Å²) in [5, 5.41) is 0. The lowest BCUT2D eigenvalue weighted by Gasteiger charge is -2.06. The Labute approximate surface area is 126 Å². The number of nitrogens with zero attached hydrogens (tertiary/aromatic N) is 4. The molecule has 0 amide bonds. The van der Waals surface area contributed by atoms with Crippen LogP contribution in [0.15, 0.2) is 20.3 Å². The molecule has 2 aromatic rings. The van der Waals surface area contributed by atoms with Gasteiger partial charge in [-0.25, -0.2) is 19.6 Å². The highest BCUT2D eigenvalue weighted by molar-refractivity contribution is 9.12. The van der Waals surface area contributed by atoms with Crippen LogP contribution >= 0.6 is 15.9 Å².